The fourth-order valence-corrected chi connectivity index (χ4v) is 1.81. The number of nitrogens with zero attached hydrogens (tertiary/aromatic N) is 2. The van der Waals surface area contributed by atoms with E-state index in [4.69, 9.17) is 0 Å². The fourth-order valence-electron chi connectivity index (χ4n) is 1.81. The zero-order chi connectivity index (χ0) is 11.5. The fraction of sp³-hybridized carbons (Fsp3) is 0.429. The Kier molecular flexibility index (Phi) is 3.05. The molecule has 1 aliphatic carbocycles. The molecule has 2 nitrogen and oxygen atoms in total. The van der Waals surface area contributed by atoms with Crippen LogP contribution >= 0.6 is 0 Å². The summed E-state index contributed by atoms with van der Waals surface area (Å²) in [6, 6.07) is 0. The third-order valence-electron chi connectivity index (χ3n) is 2.68. The highest BCUT2D eigenvalue weighted by Gasteiger charge is 2.13. The van der Waals surface area contributed by atoms with Crippen LogP contribution in [-0.4, -0.2) is 9.97 Å². The number of aryl methyl sites for hydroxylation is 1. The number of hydrogen-bond acceptors (Lipinski definition) is 2. The lowest BCUT2D eigenvalue weighted by Crippen LogP contribution is -2.07. The third kappa shape index (κ3) is 2.14. The number of hydrogen-bond donors (Lipinski definition) is 0. The predicted molar refractivity (Wildman–Crippen MR) is 65.9 cm³/mol. The van der Waals surface area contributed by atoms with Crippen molar-refractivity contribution in [3.63, 3.8) is 0 Å². The Labute approximate surface area is 96.8 Å². The molecule has 1 aliphatic rings. The van der Waals surface area contributed by atoms with Crippen LogP contribution in [0.25, 0.3) is 6.08 Å². The smallest absolute Gasteiger partial charge is 0.131 e. The van der Waals surface area contributed by atoms with Crippen LogP contribution in [0, 0.1) is 11.8 Å². The molecule has 0 aliphatic heterocycles. The van der Waals surface area contributed by atoms with E-state index < -0.39 is 0 Å². The average molecular weight is 212 g/mol. The van der Waals surface area contributed by atoms with Gasteiger partial charge in [0.1, 0.15) is 5.82 Å². The molecule has 2 rings (SSSR count). The molecule has 0 spiro atoms. The summed E-state index contributed by atoms with van der Waals surface area (Å²) in [5.74, 6) is 7.39. The second kappa shape index (κ2) is 4.49. The molecule has 0 saturated heterocycles. The van der Waals surface area contributed by atoms with Crippen molar-refractivity contribution in [3.05, 3.63) is 28.9 Å². The van der Waals surface area contributed by atoms with Crippen molar-refractivity contribution in [3.8, 4) is 11.8 Å². The van der Waals surface area contributed by atoms with E-state index in [-0.39, 0.29) is 0 Å². The lowest BCUT2D eigenvalue weighted by atomic mass is 9.97. The summed E-state index contributed by atoms with van der Waals surface area (Å²) in [6.45, 7) is 6.11. The molecular weight excluding hydrogens is 196 g/mol. The van der Waals surface area contributed by atoms with Crippen molar-refractivity contribution in [1.29, 1.82) is 0 Å². The Balaban J connectivity index is 2.38. The van der Waals surface area contributed by atoms with Crippen molar-refractivity contribution in [1.82, 2.24) is 9.97 Å². The maximum absolute atomic E-state index is 4.60. The van der Waals surface area contributed by atoms with E-state index in [1.165, 1.54) is 11.3 Å². The topological polar surface area (TPSA) is 25.8 Å². The molecule has 0 N–H and O–H groups in total. The molecule has 16 heavy (non-hydrogen) atoms. The highest BCUT2D eigenvalue weighted by Crippen LogP contribution is 2.22. The van der Waals surface area contributed by atoms with E-state index in [1.807, 2.05) is 13.1 Å². The molecule has 0 radical (unpaired) electrons. The van der Waals surface area contributed by atoms with E-state index in [2.05, 4.69) is 41.7 Å². The zero-order valence-corrected chi connectivity index (χ0v) is 10.0. The van der Waals surface area contributed by atoms with Crippen molar-refractivity contribution in [2.75, 3.05) is 0 Å². The van der Waals surface area contributed by atoms with Crippen LogP contribution in [0.4, 0.5) is 0 Å². The normalized spacial score (nSPS) is 13.9. The molecule has 0 atom stereocenters. The largest absolute Gasteiger partial charge is 0.240 e. The first-order chi connectivity index (χ1) is 7.70. The van der Waals surface area contributed by atoms with Crippen molar-refractivity contribution < 1.29 is 0 Å². The Morgan fingerprint density at radius 3 is 2.81 bits per heavy atom. The van der Waals surface area contributed by atoms with Gasteiger partial charge in [-0.05, 0) is 25.8 Å². The van der Waals surface area contributed by atoms with Crippen LogP contribution in [0.5, 0.6) is 0 Å². The first kappa shape index (κ1) is 10.9. The Bertz CT molecular complexity index is 487. The van der Waals surface area contributed by atoms with Crippen LogP contribution in [0.15, 0.2) is 11.8 Å². The van der Waals surface area contributed by atoms with E-state index >= 15 is 0 Å². The van der Waals surface area contributed by atoms with E-state index in [1.54, 1.807) is 0 Å². The van der Waals surface area contributed by atoms with Gasteiger partial charge in [0.15, 0.2) is 0 Å². The quantitative estimate of drug-likeness (QED) is 0.669. The molecule has 1 heterocycles. The predicted octanol–water partition coefficient (Wildman–Crippen LogP) is 2.95. The molecule has 0 saturated carbocycles. The summed E-state index contributed by atoms with van der Waals surface area (Å²) < 4.78 is 0. The van der Waals surface area contributed by atoms with Gasteiger partial charge < -0.3 is 0 Å². The number of rotatable bonds is 1. The van der Waals surface area contributed by atoms with Gasteiger partial charge in [0, 0.05) is 23.3 Å². The van der Waals surface area contributed by atoms with Gasteiger partial charge in [-0.1, -0.05) is 19.8 Å². The molecule has 0 amide bonds. The number of aromatic nitrogens is 2. The van der Waals surface area contributed by atoms with Gasteiger partial charge in [0.05, 0.1) is 5.69 Å². The van der Waals surface area contributed by atoms with Gasteiger partial charge in [-0.3, -0.25) is 0 Å². The molecule has 0 aromatic carbocycles. The van der Waals surface area contributed by atoms with Gasteiger partial charge in [0.25, 0.3) is 0 Å². The van der Waals surface area contributed by atoms with E-state index in [0.29, 0.717) is 5.92 Å². The van der Waals surface area contributed by atoms with E-state index in [9.17, 15) is 0 Å². The van der Waals surface area contributed by atoms with Crippen LogP contribution < -0.4 is 0 Å². The van der Waals surface area contributed by atoms with Crippen molar-refractivity contribution >= 4 is 6.08 Å². The zero-order valence-electron chi connectivity index (χ0n) is 10.0. The van der Waals surface area contributed by atoms with Gasteiger partial charge in [-0.25, -0.2) is 9.97 Å². The number of fused-ring (bicyclic) bond motifs is 1. The summed E-state index contributed by atoms with van der Waals surface area (Å²) in [6.07, 6.45) is 6.02. The number of allylic oxidation sites excluding steroid dienone is 1. The first-order valence-corrected chi connectivity index (χ1v) is 5.70. The lowest BCUT2D eigenvalue weighted by Gasteiger charge is -2.14. The van der Waals surface area contributed by atoms with Crippen molar-refractivity contribution in [2.45, 2.75) is 39.5 Å². The molecule has 0 unspecified atom stereocenters. The second-order valence-corrected chi connectivity index (χ2v) is 4.33. The minimum absolute atomic E-state index is 0.395. The van der Waals surface area contributed by atoms with Crippen molar-refractivity contribution in [2.24, 2.45) is 0 Å². The van der Waals surface area contributed by atoms with Gasteiger partial charge >= 0.3 is 0 Å². The summed E-state index contributed by atoms with van der Waals surface area (Å²) in [7, 11) is 0. The Morgan fingerprint density at radius 2 is 2.12 bits per heavy atom. The summed E-state index contributed by atoms with van der Waals surface area (Å²) in [5.41, 5.74) is 3.49. The van der Waals surface area contributed by atoms with Crippen LogP contribution in [-0.2, 0) is 6.42 Å². The van der Waals surface area contributed by atoms with Gasteiger partial charge in [-0.2, -0.15) is 0 Å². The van der Waals surface area contributed by atoms with Crippen LogP contribution in [0.3, 0.4) is 0 Å². The first-order valence-electron chi connectivity index (χ1n) is 5.70. The van der Waals surface area contributed by atoms with Crippen LogP contribution in [0.1, 0.15) is 50.2 Å². The van der Waals surface area contributed by atoms with Gasteiger partial charge in [0.2, 0.25) is 0 Å². The minimum atomic E-state index is 0.395. The maximum Gasteiger partial charge on any atom is 0.131 e. The standard InChI is InChI=1S/C14H16N2/c1-4-5-11-6-7-13-12(8-11)9-15-14(16-13)10(2)3/h8-10H,6-7H2,1-3H3. The highest BCUT2D eigenvalue weighted by atomic mass is 14.9. The highest BCUT2D eigenvalue weighted by molar-refractivity contribution is 5.61. The Morgan fingerprint density at radius 1 is 1.31 bits per heavy atom. The lowest BCUT2D eigenvalue weighted by molar-refractivity contribution is 0.747. The molecule has 82 valence electrons. The van der Waals surface area contributed by atoms with Crippen LogP contribution in [0.2, 0.25) is 0 Å². The molecule has 1 aromatic rings. The minimum Gasteiger partial charge on any atom is -0.240 e. The molecular formula is C14H16N2. The Hall–Kier alpha value is -1.62. The van der Waals surface area contributed by atoms with Gasteiger partial charge in [-0.15, -0.1) is 5.92 Å². The SMILES string of the molecule is CC#CC1=Cc2cnc(C(C)C)nc2CC1. The monoisotopic (exact) mass is 212 g/mol. The molecule has 1 aromatic heterocycles. The summed E-state index contributed by atoms with van der Waals surface area (Å²) in [5, 5.41) is 0. The third-order valence-corrected chi connectivity index (χ3v) is 2.68. The van der Waals surface area contributed by atoms with E-state index in [0.717, 1.165) is 24.2 Å². The molecule has 0 bridgehead atoms. The molecule has 2 heteroatoms. The second-order valence-electron chi connectivity index (χ2n) is 4.33. The molecule has 0 fully saturated rings. The average Bonchev–Trinajstić information content (AvgIpc) is 2.28. The summed E-state index contributed by atoms with van der Waals surface area (Å²) >= 11 is 0. The maximum atomic E-state index is 4.60. The summed E-state index contributed by atoms with van der Waals surface area (Å²) in [4.78, 5) is 8.99.